The monoisotopic (exact) mass is 371 g/mol. The summed E-state index contributed by atoms with van der Waals surface area (Å²) in [7, 11) is 0. The molecule has 27 heavy (non-hydrogen) atoms. The van der Waals surface area contributed by atoms with E-state index in [-0.39, 0.29) is 0 Å². The van der Waals surface area contributed by atoms with Crippen LogP contribution in [-0.2, 0) is 6.54 Å². The highest BCUT2D eigenvalue weighted by atomic mass is 35.5. The van der Waals surface area contributed by atoms with Crippen molar-refractivity contribution in [1.29, 1.82) is 0 Å². The number of nitrogens with zero attached hydrogens (tertiary/aromatic N) is 3. The predicted octanol–water partition coefficient (Wildman–Crippen LogP) is 5.81. The fourth-order valence-corrected chi connectivity index (χ4v) is 3.12. The number of benzene rings is 3. The molecule has 0 aliphatic rings. The summed E-state index contributed by atoms with van der Waals surface area (Å²) in [6.45, 7) is 0.624. The first-order chi connectivity index (χ1) is 13.3. The van der Waals surface area contributed by atoms with E-state index in [0.29, 0.717) is 11.6 Å². The molecule has 1 aromatic heterocycles. The van der Waals surface area contributed by atoms with Crippen molar-refractivity contribution < 1.29 is 0 Å². The Balaban J connectivity index is 1.72. The quantitative estimate of drug-likeness (QED) is 0.407. The molecule has 0 radical (unpaired) electrons. The molecular weight excluding hydrogens is 354 g/mol. The molecule has 0 unspecified atom stereocenters. The van der Waals surface area contributed by atoms with Crippen molar-refractivity contribution in [2.24, 2.45) is 4.99 Å². The number of para-hydroxylation sites is 1. The molecule has 0 spiro atoms. The van der Waals surface area contributed by atoms with Gasteiger partial charge in [0.1, 0.15) is 5.69 Å². The molecule has 0 aliphatic carbocycles. The summed E-state index contributed by atoms with van der Waals surface area (Å²) < 4.78 is 1.86. The highest BCUT2D eigenvalue weighted by molar-refractivity contribution is 6.33. The summed E-state index contributed by atoms with van der Waals surface area (Å²) in [5, 5.41) is 5.45. The molecule has 1 heterocycles. The van der Waals surface area contributed by atoms with E-state index in [1.54, 1.807) is 0 Å². The van der Waals surface area contributed by atoms with Crippen molar-refractivity contribution in [1.82, 2.24) is 9.78 Å². The highest BCUT2D eigenvalue weighted by Gasteiger charge is 2.13. The van der Waals surface area contributed by atoms with Crippen LogP contribution in [0.3, 0.4) is 0 Å². The largest absolute Gasteiger partial charge is 0.288 e. The maximum absolute atomic E-state index is 6.42. The second-order valence-electron chi connectivity index (χ2n) is 6.15. The molecule has 4 heteroatoms. The van der Waals surface area contributed by atoms with Crippen molar-refractivity contribution in [3.63, 3.8) is 0 Å². The molecule has 0 bridgehead atoms. The smallest absolute Gasteiger partial charge is 0.103 e. The van der Waals surface area contributed by atoms with Crippen LogP contribution in [0.25, 0.3) is 16.9 Å². The molecular formula is C23H18ClN3. The SMILES string of the molecule is Clc1ccccc1-c1nn(-c2ccccc2)cc1C=NCc1ccccc1. The molecule has 3 aromatic carbocycles. The Morgan fingerprint density at radius 3 is 2.26 bits per heavy atom. The van der Waals surface area contributed by atoms with Gasteiger partial charge in [-0.15, -0.1) is 0 Å². The lowest BCUT2D eigenvalue weighted by molar-refractivity contribution is 0.884. The van der Waals surface area contributed by atoms with Gasteiger partial charge in [-0.25, -0.2) is 4.68 Å². The molecule has 0 saturated carbocycles. The fourth-order valence-electron chi connectivity index (χ4n) is 2.89. The Kier molecular flexibility index (Phi) is 5.13. The van der Waals surface area contributed by atoms with Crippen LogP contribution in [-0.4, -0.2) is 16.0 Å². The van der Waals surface area contributed by atoms with Gasteiger partial charge >= 0.3 is 0 Å². The summed E-state index contributed by atoms with van der Waals surface area (Å²) in [4.78, 5) is 4.61. The van der Waals surface area contributed by atoms with Crippen LogP contribution in [0.4, 0.5) is 0 Å². The average molecular weight is 372 g/mol. The highest BCUT2D eigenvalue weighted by Crippen LogP contribution is 2.29. The van der Waals surface area contributed by atoms with Crippen LogP contribution in [0.15, 0.2) is 96.1 Å². The van der Waals surface area contributed by atoms with Crippen molar-refractivity contribution in [2.45, 2.75) is 6.54 Å². The summed E-state index contributed by atoms with van der Waals surface area (Å²) in [5.41, 5.74) is 4.82. The third-order valence-electron chi connectivity index (χ3n) is 4.24. The first-order valence-corrected chi connectivity index (χ1v) is 9.13. The molecule has 0 amide bonds. The molecule has 0 N–H and O–H groups in total. The summed E-state index contributed by atoms with van der Waals surface area (Å²) >= 11 is 6.42. The Morgan fingerprint density at radius 2 is 1.52 bits per heavy atom. The van der Waals surface area contributed by atoms with Gasteiger partial charge in [-0.05, 0) is 23.8 Å². The van der Waals surface area contributed by atoms with E-state index in [9.17, 15) is 0 Å². The van der Waals surface area contributed by atoms with Gasteiger partial charge < -0.3 is 0 Å². The first kappa shape index (κ1) is 17.3. The molecule has 132 valence electrons. The topological polar surface area (TPSA) is 30.2 Å². The van der Waals surface area contributed by atoms with Crippen LogP contribution in [0.1, 0.15) is 11.1 Å². The number of hydrogen-bond donors (Lipinski definition) is 0. The van der Waals surface area contributed by atoms with Crippen LogP contribution in [0.2, 0.25) is 5.02 Å². The van der Waals surface area contributed by atoms with E-state index in [4.69, 9.17) is 16.7 Å². The number of hydrogen-bond acceptors (Lipinski definition) is 2. The standard InChI is InChI=1S/C23H18ClN3/c24-22-14-8-7-13-21(22)23-19(16-25-15-18-9-3-1-4-10-18)17-27(26-23)20-11-5-2-6-12-20/h1-14,16-17H,15H2. The van der Waals surface area contributed by atoms with E-state index >= 15 is 0 Å². The van der Waals surface area contributed by atoms with Crippen LogP contribution >= 0.6 is 11.6 Å². The van der Waals surface area contributed by atoms with Crippen LogP contribution in [0.5, 0.6) is 0 Å². The Labute approximate surface area is 163 Å². The Bertz CT molecular complexity index is 1050. The second-order valence-corrected chi connectivity index (χ2v) is 6.56. The van der Waals surface area contributed by atoms with Gasteiger partial charge in [0.2, 0.25) is 0 Å². The lowest BCUT2D eigenvalue weighted by atomic mass is 10.1. The van der Waals surface area contributed by atoms with Gasteiger partial charge in [0.25, 0.3) is 0 Å². The number of halogens is 1. The van der Waals surface area contributed by atoms with E-state index in [0.717, 1.165) is 22.5 Å². The lowest BCUT2D eigenvalue weighted by Gasteiger charge is -2.02. The van der Waals surface area contributed by atoms with Crippen LogP contribution in [0, 0.1) is 0 Å². The number of aromatic nitrogens is 2. The van der Waals surface area contributed by atoms with Gasteiger partial charge in [-0.1, -0.05) is 78.3 Å². The third kappa shape index (κ3) is 3.99. The molecule has 0 atom stereocenters. The molecule has 4 aromatic rings. The minimum atomic E-state index is 0.624. The Morgan fingerprint density at radius 1 is 0.852 bits per heavy atom. The minimum absolute atomic E-state index is 0.624. The van der Waals surface area contributed by atoms with Crippen molar-refractivity contribution in [3.8, 4) is 16.9 Å². The predicted molar refractivity (Wildman–Crippen MR) is 112 cm³/mol. The zero-order valence-corrected chi connectivity index (χ0v) is 15.4. The van der Waals surface area contributed by atoms with Crippen LogP contribution < -0.4 is 0 Å². The number of aliphatic imine (C=N–C) groups is 1. The molecule has 0 aliphatic heterocycles. The lowest BCUT2D eigenvalue weighted by Crippen LogP contribution is -1.94. The zero-order chi connectivity index (χ0) is 18.5. The summed E-state index contributed by atoms with van der Waals surface area (Å²) in [5.74, 6) is 0. The van der Waals surface area contributed by atoms with E-state index in [1.807, 2.05) is 89.9 Å². The second kappa shape index (κ2) is 8.02. The third-order valence-corrected chi connectivity index (χ3v) is 4.57. The Hall–Kier alpha value is -3.17. The molecule has 0 saturated heterocycles. The first-order valence-electron chi connectivity index (χ1n) is 8.75. The molecule has 0 fully saturated rings. The van der Waals surface area contributed by atoms with Crippen molar-refractivity contribution >= 4 is 17.8 Å². The average Bonchev–Trinajstić information content (AvgIpc) is 3.14. The van der Waals surface area contributed by atoms with Crippen molar-refractivity contribution in [2.75, 3.05) is 0 Å². The summed E-state index contributed by atoms with van der Waals surface area (Å²) in [6.07, 6.45) is 3.86. The fraction of sp³-hybridized carbons (Fsp3) is 0.0435. The van der Waals surface area contributed by atoms with E-state index in [2.05, 4.69) is 17.1 Å². The summed E-state index contributed by atoms with van der Waals surface area (Å²) in [6, 6.07) is 28.0. The van der Waals surface area contributed by atoms with Crippen molar-refractivity contribution in [3.05, 3.63) is 107 Å². The van der Waals surface area contributed by atoms with Gasteiger partial charge in [0.15, 0.2) is 0 Å². The maximum Gasteiger partial charge on any atom is 0.103 e. The van der Waals surface area contributed by atoms with E-state index < -0.39 is 0 Å². The minimum Gasteiger partial charge on any atom is -0.288 e. The zero-order valence-electron chi connectivity index (χ0n) is 14.7. The van der Waals surface area contributed by atoms with E-state index in [1.165, 1.54) is 5.56 Å². The van der Waals surface area contributed by atoms with Gasteiger partial charge in [-0.2, -0.15) is 5.10 Å². The number of rotatable bonds is 5. The van der Waals surface area contributed by atoms with Gasteiger partial charge in [-0.3, -0.25) is 4.99 Å². The van der Waals surface area contributed by atoms with Gasteiger partial charge in [0, 0.05) is 23.5 Å². The normalized spacial score (nSPS) is 11.1. The molecule has 4 rings (SSSR count). The molecule has 3 nitrogen and oxygen atoms in total. The van der Waals surface area contributed by atoms with Gasteiger partial charge in [0.05, 0.1) is 17.3 Å². The maximum atomic E-state index is 6.42.